The Bertz CT molecular complexity index is 1040. The molecule has 0 spiro atoms. The molecule has 8 heteroatoms. The van der Waals surface area contributed by atoms with Crippen molar-refractivity contribution in [3.63, 3.8) is 0 Å². The van der Waals surface area contributed by atoms with Crippen LogP contribution >= 0.6 is 22.9 Å². The maximum absolute atomic E-state index is 11.9. The molecule has 27 heavy (non-hydrogen) atoms. The number of nitrogens with one attached hydrogen (secondary N) is 1. The summed E-state index contributed by atoms with van der Waals surface area (Å²) in [5.74, 6) is -0.712. The Balaban J connectivity index is 1.59. The Kier molecular flexibility index (Phi) is 5.93. The first kappa shape index (κ1) is 19.1. The summed E-state index contributed by atoms with van der Waals surface area (Å²) >= 11 is 7.46. The molecule has 0 fully saturated rings. The van der Waals surface area contributed by atoms with Crippen molar-refractivity contribution in [1.29, 1.82) is 0 Å². The molecule has 1 N–H and O–H groups in total. The Morgan fingerprint density at radius 1 is 1.30 bits per heavy atom. The number of ether oxygens (including phenoxy) is 1. The zero-order valence-electron chi connectivity index (χ0n) is 14.4. The summed E-state index contributed by atoms with van der Waals surface area (Å²) in [4.78, 5) is 36.0. The molecule has 3 rings (SSSR count). The van der Waals surface area contributed by atoms with Crippen LogP contribution in [0.4, 0.5) is 0 Å². The molecule has 0 saturated carbocycles. The van der Waals surface area contributed by atoms with Crippen LogP contribution in [0.1, 0.15) is 27.2 Å². The maximum atomic E-state index is 11.9. The van der Waals surface area contributed by atoms with Crippen LogP contribution in [-0.2, 0) is 16.1 Å². The molecule has 6 nitrogen and oxygen atoms in total. The van der Waals surface area contributed by atoms with Gasteiger partial charge < -0.3 is 14.5 Å². The molecule has 1 amide bonds. The number of esters is 1. The lowest BCUT2D eigenvalue weighted by Crippen LogP contribution is -2.25. The fourth-order valence-corrected chi connectivity index (χ4v) is 3.27. The van der Waals surface area contributed by atoms with Gasteiger partial charge in [0.1, 0.15) is 12.2 Å². The number of hydrogen-bond acceptors (Lipinski definition) is 6. The van der Waals surface area contributed by atoms with Gasteiger partial charge in [0.2, 0.25) is 0 Å². The van der Waals surface area contributed by atoms with Crippen molar-refractivity contribution in [1.82, 2.24) is 5.32 Å². The van der Waals surface area contributed by atoms with Gasteiger partial charge in [-0.1, -0.05) is 17.7 Å². The third kappa shape index (κ3) is 4.75. The molecule has 0 saturated heterocycles. The van der Waals surface area contributed by atoms with E-state index in [0.29, 0.717) is 26.4 Å². The molecular formula is C19H16ClNO5S. The highest BCUT2D eigenvalue weighted by molar-refractivity contribution is 7.12. The van der Waals surface area contributed by atoms with Gasteiger partial charge in [0, 0.05) is 28.6 Å². The van der Waals surface area contributed by atoms with Crippen LogP contribution in [-0.4, -0.2) is 18.4 Å². The van der Waals surface area contributed by atoms with Gasteiger partial charge in [0.15, 0.2) is 0 Å². The highest BCUT2D eigenvalue weighted by Crippen LogP contribution is 2.25. The monoisotopic (exact) mass is 405 g/mol. The molecule has 0 aliphatic carbocycles. The first-order valence-corrected chi connectivity index (χ1v) is 9.40. The number of thiophene rings is 1. The van der Waals surface area contributed by atoms with E-state index in [1.807, 2.05) is 0 Å². The minimum atomic E-state index is -0.529. The summed E-state index contributed by atoms with van der Waals surface area (Å²) in [6.07, 6.45) is 0.0242. The number of carbonyl (C=O) groups excluding carboxylic acids is 2. The predicted octanol–water partition coefficient (Wildman–Crippen LogP) is 3.68. The zero-order valence-corrected chi connectivity index (χ0v) is 16.0. The molecule has 0 radical (unpaired) electrons. The Hall–Kier alpha value is -2.64. The number of fused-ring (bicyclic) bond motifs is 1. The van der Waals surface area contributed by atoms with Crippen molar-refractivity contribution in [2.24, 2.45) is 0 Å². The van der Waals surface area contributed by atoms with E-state index in [0.717, 1.165) is 5.56 Å². The van der Waals surface area contributed by atoms with Gasteiger partial charge in [0.25, 0.3) is 5.91 Å². The second-order valence-corrected chi connectivity index (χ2v) is 7.19. The average molecular weight is 406 g/mol. The summed E-state index contributed by atoms with van der Waals surface area (Å²) in [5, 5.41) is 5.60. The fourth-order valence-electron chi connectivity index (χ4n) is 2.47. The van der Waals surface area contributed by atoms with Gasteiger partial charge in [-0.3, -0.25) is 9.59 Å². The van der Waals surface area contributed by atoms with E-state index < -0.39 is 11.6 Å². The van der Waals surface area contributed by atoms with Crippen LogP contribution in [0, 0.1) is 6.92 Å². The quantitative estimate of drug-likeness (QED) is 0.499. The fraction of sp³-hybridized carbons (Fsp3) is 0.211. The largest absolute Gasteiger partial charge is 0.461 e. The number of hydrogen-bond donors (Lipinski definition) is 1. The van der Waals surface area contributed by atoms with E-state index in [1.165, 1.54) is 17.4 Å². The third-order valence-electron chi connectivity index (χ3n) is 3.86. The van der Waals surface area contributed by atoms with Gasteiger partial charge in [-0.25, -0.2) is 4.79 Å². The van der Waals surface area contributed by atoms with Crippen LogP contribution in [0.3, 0.4) is 0 Å². The van der Waals surface area contributed by atoms with Crippen LogP contribution in [0.25, 0.3) is 11.0 Å². The topological polar surface area (TPSA) is 85.6 Å². The lowest BCUT2D eigenvalue weighted by atomic mass is 10.1. The molecule has 0 unspecified atom stereocenters. The second-order valence-electron chi connectivity index (χ2n) is 5.83. The van der Waals surface area contributed by atoms with E-state index >= 15 is 0 Å². The molecule has 2 heterocycles. The highest BCUT2D eigenvalue weighted by atomic mass is 35.5. The van der Waals surface area contributed by atoms with Crippen LogP contribution in [0.15, 0.2) is 44.9 Å². The van der Waals surface area contributed by atoms with E-state index in [4.69, 9.17) is 20.8 Å². The first-order chi connectivity index (χ1) is 12.9. The minimum Gasteiger partial charge on any atom is -0.461 e. The van der Waals surface area contributed by atoms with Crippen molar-refractivity contribution in [3.05, 3.63) is 67.2 Å². The first-order valence-electron chi connectivity index (χ1n) is 8.14. The van der Waals surface area contributed by atoms with Gasteiger partial charge in [-0.05, 0) is 36.1 Å². The zero-order chi connectivity index (χ0) is 19.4. The molecule has 0 atom stereocenters. The molecule has 3 aromatic rings. The molecule has 2 aromatic heterocycles. The molecular weight excluding hydrogens is 390 g/mol. The van der Waals surface area contributed by atoms with Crippen molar-refractivity contribution < 1.29 is 18.7 Å². The van der Waals surface area contributed by atoms with Crippen molar-refractivity contribution in [2.75, 3.05) is 6.54 Å². The smallest absolute Gasteiger partial charge is 0.336 e. The van der Waals surface area contributed by atoms with Gasteiger partial charge >= 0.3 is 11.6 Å². The van der Waals surface area contributed by atoms with Gasteiger partial charge in [0.05, 0.1) is 11.3 Å². The summed E-state index contributed by atoms with van der Waals surface area (Å²) < 4.78 is 10.4. The lowest BCUT2D eigenvalue weighted by Gasteiger charge is -2.09. The molecule has 0 bridgehead atoms. The third-order valence-corrected chi connectivity index (χ3v) is 5.13. The SMILES string of the molecule is Cc1cc2oc(=O)cc(COC(=O)CCNC(=O)c3cccs3)c2cc1Cl. The molecule has 1 aromatic carbocycles. The number of carbonyl (C=O) groups is 2. The maximum Gasteiger partial charge on any atom is 0.336 e. The van der Waals surface area contributed by atoms with Crippen LogP contribution in [0.2, 0.25) is 5.02 Å². The summed E-state index contributed by atoms with van der Waals surface area (Å²) in [6.45, 7) is 1.89. The summed E-state index contributed by atoms with van der Waals surface area (Å²) in [6, 6.07) is 8.11. The Morgan fingerprint density at radius 2 is 2.11 bits per heavy atom. The van der Waals surface area contributed by atoms with E-state index in [2.05, 4.69) is 5.32 Å². The minimum absolute atomic E-state index is 0.0242. The lowest BCUT2D eigenvalue weighted by molar-refractivity contribution is -0.144. The number of benzene rings is 1. The van der Waals surface area contributed by atoms with E-state index in [-0.39, 0.29) is 25.5 Å². The molecule has 140 valence electrons. The average Bonchev–Trinajstić information content (AvgIpc) is 3.16. The van der Waals surface area contributed by atoms with Gasteiger partial charge in [-0.15, -0.1) is 11.3 Å². The van der Waals surface area contributed by atoms with Crippen molar-refractivity contribution in [2.45, 2.75) is 20.0 Å². The normalized spacial score (nSPS) is 10.7. The van der Waals surface area contributed by atoms with Crippen LogP contribution in [0.5, 0.6) is 0 Å². The molecule has 0 aliphatic rings. The van der Waals surface area contributed by atoms with Gasteiger partial charge in [-0.2, -0.15) is 0 Å². The summed E-state index contributed by atoms with van der Waals surface area (Å²) in [7, 11) is 0. The Labute approximate surface area is 163 Å². The number of aryl methyl sites for hydroxylation is 1. The van der Waals surface area contributed by atoms with E-state index in [9.17, 15) is 14.4 Å². The van der Waals surface area contributed by atoms with Crippen LogP contribution < -0.4 is 10.9 Å². The predicted molar refractivity (Wildman–Crippen MR) is 103 cm³/mol. The molecule has 0 aliphatic heterocycles. The van der Waals surface area contributed by atoms with E-state index in [1.54, 1.807) is 36.6 Å². The second kappa shape index (κ2) is 8.37. The standard InChI is InChI=1S/C19H16ClNO5S/c1-11-7-15-13(9-14(11)20)12(8-18(23)26-15)10-25-17(22)4-5-21-19(24)16-3-2-6-27-16/h2-3,6-9H,4-5,10H2,1H3,(H,21,24). The number of rotatable bonds is 6. The highest BCUT2D eigenvalue weighted by Gasteiger charge is 2.12. The summed E-state index contributed by atoms with van der Waals surface area (Å²) in [5.41, 5.74) is 1.15. The Morgan fingerprint density at radius 3 is 2.85 bits per heavy atom. The number of amides is 1. The van der Waals surface area contributed by atoms with Crippen molar-refractivity contribution >= 4 is 45.8 Å². The number of halogens is 1. The van der Waals surface area contributed by atoms with Crippen molar-refractivity contribution in [3.8, 4) is 0 Å².